The van der Waals surface area contributed by atoms with E-state index in [9.17, 15) is 14.4 Å². The van der Waals surface area contributed by atoms with E-state index >= 15 is 0 Å². The molecule has 0 amide bonds. The molecule has 0 aliphatic heterocycles. The zero-order valence-corrected chi connectivity index (χ0v) is 16.3. The second-order valence-corrected chi connectivity index (χ2v) is 8.10. The number of ketones is 1. The van der Waals surface area contributed by atoms with Gasteiger partial charge < -0.3 is 9.47 Å². The van der Waals surface area contributed by atoms with Crippen LogP contribution in [-0.2, 0) is 23.9 Å². The topological polar surface area (TPSA) is 69.7 Å². The van der Waals surface area contributed by atoms with Crippen molar-refractivity contribution in [2.45, 2.75) is 77.0 Å². The minimum Gasteiger partial charge on any atom is -0.469 e. The molecule has 2 rings (SSSR count). The molecule has 0 saturated heterocycles. The summed E-state index contributed by atoms with van der Waals surface area (Å²) in [6, 6.07) is 0. The monoisotopic (exact) mass is 366 g/mol. The van der Waals surface area contributed by atoms with E-state index in [4.69, 9.17) is 9.47 Å². The van der Waals surface area contributed by atoms with Crippen molar-refractivity contribution in [3.8, 4) is 0 Å². The number of ether oxygens (including phenoxy) is 2. The maximum Gasteiger partial charge on any atom is 0.308 e. The largest absolute Gasteiger partial charge is 0.469 e. The van der Waals surface area contributed by atoms with Crippen LogP contribution >= 0.6 is 0 Å². The highest BCUT2D eigenvalue weighted by molar-refractivity contribution is 5.78. The van der Waals surface area contributed by atoms with Gasteiger partial charge in [-0.05, 0) is 76.0 Å². The molecule has 2 aliphatic carbocycles. The lowest BCUT2D eigenvalue weighted by molar-refractivity contribution is -0.147. The van der Waals surface area contributed by atoms with Gasteiger partial charge in [-0.2, -0.15) is 0 Å². The first-order valence-electron chi connectivity index (χ1n) is 10.2. The third-order valence-electron chi connectivity index (χ3n) is 6.43. The van der Waals surface area contributed by atoms with Gasteiger partial charge in [0.2, 0.25) is 0 Å². The van der Waals surface area contributed by atoms with E-state index in [0.29, 0.717) is 30.5 Å². The Balaban J connectivity index is 1.56. The second kappa shape index (κ2) is 10.7. The van der Waals surface area contributed by atoms with Gasteiger partial charge in [0, 0.05) is 12.8 Å². The Morgan fingerprint density at radius 2 is 1.00 bits per heavy atom. The molecule has 2 aliphatic rings. The van der Waals surface area contributed by atoms with Gasteiger partial charge in [-0.3, -0.25) is 14.4 Å². The summed E-state index contributed by atoms with van der Waals surface area (Å²) in [5, 5.41) is 0. The van der Waals surface area contributed by atoms with Gasteiger partial charge in [-0.15, -0.1) is 0 Å². The van der Waals surface area contributed by atoms with Crippen molar-refractivity contribution < 1.29 is 23.9 Å². The third kappa shape index (κ3) is 6.40. The lowest BCUT2D eigenvalue weighted by Crippen LogP contribution is -2.23. The van der Waals surface area contributed by atoms with Crippen LogP contribution in [0.25, 0.3) is 0 Å². The predicted octanol–water partition coefficient (Wildman–Crippen LogP) is 4.07. The zero-order valence-electron chi connectivity index (χ0n) is 16.3. The van der Waals surface area contributed by atoms with E-state index in [0.717, 1.165) is 64.2 Å². The molecule has 0 aromatic heterocycles. The molecule has 0 unspecified atom stereocenters. The highest BCUT2D eigenvalue weighted by Crippen LogP contribution is 2.34. The Kier molecular flexibility index (Phi) is 8.60. The van der Waals surface area contributed by atoms with Crippen LogP contribution in [0.4, 0.5) is 0 Å². The van der Waals surface area contributed by atoms with Crippen molar-refractivity contribution in [3.05, 3.63) is 0 Å². The molecule has 0 radical (unpaired) electrons. The van der Waals surface area contributed by atoms with E-state index in [1.54, 1.807) is 0 Å². The summed E-state index contributed by atoms with van der Waals surface area (Å²) in [5.41, 5.74) is 0. The van der Waals surface area contributed by atoms with Gasteiger partial charge in [-0.25, -0.2) is 0 Å². The van der Waals surface area contributed by atoms with Gasteiger partial charge in [0.1, 0.15) is 5.78 Å². The van der Waals surface area contributed by atoms with Gasteiger partial charge in [0.15, 0.2) is 0 Å². The van der Waals surface area contributed by atoms with Crippen LogP contribution in [0, 0.1) is 23.7 Å². The summed E-state index contributed by atoms with van der Waals surface area (Å²) in [6.45, 7) is 0. The first kappa shape index (κ1) is 20.9. The first-order valence-corrected chi connectivity index (χ1v) is 10.2. The number of Topliss-reactive ketones (excluding diaryl/α,β-unsaturated/α-hetero) is 1. The molecule has 148 valence electrons. The maximum atomic E-state index is 12.2. The van der Waals surface area contributed by atoms with Crippen LogP contribution in [0.1, 0.15) is 77.0 Å². The molecule has 0 aromatic carbocycles. The number of carbonyl (C=O) groups is 3. The predicted molar refractivity (Wildman–Crippen MR) is 98.4 cm³/mol. The molecule has 0 bridgehead atoms. The highest BCUT2D eigenvalue weighted by Gasteiger charge is 2.28. The van der Waals surface area contributed by atoms with E-state index < -0.39 is 0 Å². The Hall–Kier alpha value is -1.39. The van der Waals surface area contributed by atoms with Gasteiger partial charge in [0.05, 0.1) is 26.1 Å². The second-order valence-electron chi connectivity index (χ2n) is 8.10. The van der Waals surface area contributed by atoms with Crippen LogP contribution in [0.2, 0.25) is 0 Å². The fourth-order valence-corrected chi connectivity index (χ4v) is 4.56. The highest BCUT2D eigenvalue weighted by atomic mass is 16.5. The number of carbonyl (C=O) groups excluding carboxylic acids is 3. The molecule has 5 nitrogen and oxygen atoms in total. The summed E-state index contributed by atoms with van der Waals surface area (Å²) in [4.78, 5) is 35.3. The number of hydrogen-bond donors (Lipinski definition) is 0. The molecule has 0 aromatic rings. The molecular formula is C21H34O5. The Morgan fingerprint density at radius 3 is 1.31 bits per heavy atom. The van der Waals surface area contributed by atoms with Crippen molar-refractivity contribution >= 4 is 17.7 Å². The summed E-state index contributed by atoms with van der Waals surface area (Å²) in [5.74, 6) is 1.49. The van der Waals surface area contributed by atoms with Gasteiger partial charge in [0.25, 0.3) is 0 Å². The Labute approximate surface area is 157 Å². The van der Waals surface area contributed by atoms with Crippen molar-refractivity contribution in [1.82, 2.24) is 0 Å². The van der Waals surface area contributed by atoms with Crippen molar-refractivity contribution in [1.29, 1.82) is 0 Å². The minimum atomic E-state index is -0.0820. The first-order chi connectivity index (χ1) is 12.5. The Bertz CT molecular complexity index is 429. The summed E-state index contributed by atoms with van der Waals surface area (Å²) in [6.07, 6.45) is 11.0. The molecule has 0 N–H and O–H groups in total. The van der Waals surface area contributed by atoms with E-state index in [-0.39, 0.29) is 23.8 Å². The molecule has 2 saturated carbocycles. The van der Waals surface area contributed by atoms with Gasteiger partial charge >= 0.3 is 11.9 Å². The lowest BCUT2D eigenvalue weighted by Gasteiger charge is -2.27. The van der Waals surface area contributed by atoms with Crippen molar-refractivity contribution in [3.63, 3.8) is 0 Å². The van der Waals surface area contributed by atoms with Crippen LogP contribution in [0.5, 0.6) is 0 Å². The molecular weight excluding hydrogens is 332 g/mol. The summed E-state index contributed by atoms with van der Waals surface area (Å²) >= 11 is 0. The fourth-order valence-electron chi connectivity index (χ4n) is 4.56. The number of hydrogen-bond acceptors (Lipinski definition) is 5. The zero-order chi connectivity index (χ0) is 18.9. The average Bonchev–Trinajstić information content (AvgIpc) is 2.70. The maximum absolute atomic E-state index is 12.2. The lowest BCUT2D eigenvalue weighted by atomic mass is 9.78. The van der Waals surface area contributed by atoms with Crippen molar-refractivity contribution in [2.75, 3.05) is 14.2 Å². The number of rotatable bonds is 8. The van der Waals surface area contributed by atoms with Gasteiger partial charge in [-0.1, -0.05) is 0 Å². The van der Waals surface area contributed by atoms with E-state index in [1.165, 1.54) is 14.2 Å². The molecule has 2 fully saturated rings. The van der Waals surface area contributed by atoms with E-state index in [1.807, 2.05) is 0 Å². The third-order valence-corrected chi connectivity index (χ3v) is 6.43. The molecule has 0 spiro atoms. The summed E-state index contributed by atoms with van der Waals surface area (Å²) < 4.78 is 9.64. The smallest absolute Gasteiger partial charge is 0.308 e. The molecule has 26 heavy (non-hydrogen) atoms. The molecule has 0 atom stereocenters. The minimum absolute atomic E-state index is 0.0621. The number of methoxy groups -OCH3 is 2. The molecule has 0 heterocycles. The Morgan fingerprint density at radius 1 is 0.654 bits per heavy atom. The average molecular weight is 366 g/mol. The van der Waals surface area contributed by atoms with Crippen LogP contribution in [0.3, 0.4) is 0 Å². The number of esters is 2. The standard InChI is InChI=1S/C21H34O5/c1-25-20(23)17-9-3-15(4-10-17)7-13-19(22)14-8-16-5-11-18(12-6-16)21(24)26-2/h15-18H,3-14H2,1-2H3. The fraction of sp³-hybridized carbons (Fsp3) is 0.857. The molecule has 5 heteroatoms. The quantitative estimate of drug-likeness (QED) is 0.606. The van der Waals surface area contributed by atoms with Crippen molar-refractivity contribution in [2.24, 2.45) is 23.7 Å². The van der Waals surface area contributed by atoms with Crippen LogP contribution < -0.4 is 0 Å². The van der Waals surface area contributed by atoms with E-state index in [2.05, 4.69) is 0 Å². The SMILES string of the molecule is COC(=O)C1CCC(CCC(=O)CCC2CCC(C(=O)OC)CC2)CC1. The normalized spacial score (nSPS) is 29.0. The van der Waals surface area contributed by atoms with Crippen LogP contribution in [-0.4, -0.2) is 31.9 Å². The van der Waals surface area contributed by atoms with Crippen LogP contribution in [0.15, 0.2) is 0 Å². The summed E-state index contributed by atoms with van der Waals surface area (Å²) in [7, 11) is 2.91.